The molecule has 0 atom stereocenters. The number of carbonyl (C=O) groups is 3. The van der Waals surface area contributed by atoms with Gasteiger partial charge in [0.2, 0.25) is 11.8 Å². The van der Waals surface area contributed by atoms with Gasteiger partial charge in [0, 0.05) is 30.0 Å². The number of nitrogens with zero attached hydrogens (tertiary/aromatic N) is 1. The van der Waals surface area contributed by atoms with Crippen molar-refractivity contribution in [2.24, 2.45) is 11.7 Å². The second-order valence-electron chi connectivity index (χ2n) is 8.11. The molecular weight excluding hydrogens is 410 g/mol. The summed E-state index contributed by atoms with van der Waals surface area (Å²) in [6.45, 7) is 1.08. The number of piperidine rings is 1. The third kappa shape index (κ3) is 4.88. The van der Waals surface area contributed by atoms with Gasteiger partial charge >= 0.3 is 0 Å². The lowest BCUT2D eigenvalue weighted by atomic mass is 9.94. The average molecular weight is 438 g/mol. The molecule has 162 valence electrons. The molecule has 0 spiro atoms. The fourth-order valence-corrected chi connectivity index (χ4v) is 5.63. The standard InChI is InChI=1S/C24H27N3O3S/c25-22(29)21-18-8-4-5-9-19(18)31-24(21)26-23(30)17-12-14-27(15-13-17)20(28)11-10-16-6-2-1-3-7-16/h1-3,6-7,10-11,17H,4-5,8-9,12-15H2,(H2,25,29)(H,26,30)/b11-10+. The van der Waals surface area contributed by atoms with Gasteiger partial charge in [-0.2, -0.15) is 0 Å². The molecule has 3 amide bonds. The van der Waals surface area contributed by atoms with Crippen molar-refractivity contribution in [3.63, 3.8) is 0 Å². The average Bonchev–Trinajstić information content (AvgIpc) is 3.16. The van der Waals surface area contributed by atoms with E-state index < -0.39 is 5.91 Å². The number of carbonyl (C=O) groups excluding carboxylic acids is 3. The molecular formula is C24H27N3O3S. The summed E-state index contributed by atoms with van der Waals surface area (Å²) in [6, 6.07) is 9.70. The molecule has 3 N–H and O–H groups in total. The molecule has 1 saturated heterocycles. The summed E-state index contributed by atoms with van der Waals surface area (Å²) in [7, 11) is 0. The first-order valence-corrected chi connectivity index (χ1v) is 11.6. The third-order valence-electron chi connectivity index (χ3n) is 6.05. The van der Waals surface area contributed by atoms with Crippen molar-refractivity contribution in [2.75, 3.05) is 18.4 Å². The molecule has 0 bridgehead atoms. The second-order valence-corrected chi connectivity index (χ2v) is 9.22. The Bertz CT molecular complexity index is 1000. The zero-order valence-corrected chi connectivity index (χ0v) is 18.2. The van der Waals surface area contributed by atoms with Gasteiger partial charge in [0.15, 0.2) is 0 Å². The molecule has 2 heterocycles. The van der Waals surface area contributed by atoms with Crippen LogP contribution in [0.25, 0.3) is 6.08 Å². The molecule has 1 aliphatic heterocycles. The molecule has 1 aliphatic carbocycles. The van der Waals surface area contributed by atoms with Crippen LogP contribution in [-0.2, 0) is 22.4 Å². The monoisotopic (exact) mass is 437 g/mol. The number of fused-ring (bicyclic) bond motifs is 1. The highest BCUT2D eigenvalue weighted by atomic mass is 32.1. The summed E-state index contributed by atoms with van der Waals surface area (Å²) in [4.78, 5) is 40.3. The molecule has 2 aliphatic rings. The summed E-state index contributed by atoms with van der Waals surface area (Å²) >= 11 is 1.49. The van der Waals surface area contributed by atoms with Crippen molar-refractivity contribution in [3.05, 3.63) is 58.0 Å². The van der Waals surface area contributed by atoms with Crippen molar-refractivity contribution in [3.8, 4) is 0 Å². The molecule has 0 saturated carbocycles. The molecule has 2 aromatic rings. The van der Waals surface area contributed by atoms with Gasteiger partial charge in [-0.3, -0.25) is 14.4 Å². The number of amides is 3. The second kappa shape index (κ2) is 9.47. The number of thiophene rings is 1. The Balaban J connectivity index is 1.35. The van der Waals surface area contributed by atoms with Gasteiger partial charge in [-0.1, -0.05) is 30.3 Å². The van der Waals surface area contributed by atoms with E-state index >= 15 is 0 Å². The Morgan fingerprint density at radius 1 is 1.06 bits per heavy atom. The number of nitrogens with two attached hydrogens (primary N) is 1. The summed E-state index contributed by atoms with van der Waals surface area (Å²) in [6.07, 6.45) is 8.54. The van der Waals surface area contributed by atoms with Crippen LogP contribution in [-0.4, -0.2) is 35.7 Å². The number of anilines is 1. The van der Waals surface area contributed by atoms with Crippen LogP contribution >= 0.6 is 11.3 Å². The predicted octanol–water partition coefficient (Wildman–Crippen LogP) is 3.62. The zero-order chi connectivity index (χ0) is 21.8. The van der Waals surface area contributed by atoms with Crippen LogP contribution in [0.5, 0.6) is 0 Å². The number of nitrogens with one attached hydrogen (secondary N) is 1. The largest absolute Gasteiger partial charge is 0.365 e. The maximum Gasteiger partial charge on any atom is 0.251 e. The third-order valence-corrected chi connectivity index (χ3v) is 7.26. The maximum absolute atomic E-state index is 12.9. The number of rotatable bonds is 5. The number of benzene rings is 1. The molecule has 31 heavy (non-hydrogen) atoms. The van der Waals surface area contributed by atoms with Crippen LogP contribution in [0.2, 0.25) is 0 Å². The fourth-order valence-electron chi connectivity index (χ4n) is 4.33. The minimum atomic E-state index is -0.472. The minimum Gasteiger partial charge on any atom is -0.365 e. The van der Waals surface area contributed by atoms with Crippen LogP contribution in [0, 0.1) is 5.92 Å². The normalized spacial score (nSPS) is 16.8. The molecule has 6 nitrogen and oxygen atoms in total. The topological polar surface area (TPSA) is 92.5 Å². The molecule has 1 fully saturated rings. The van der Waals surface area contributed by atoms with E-state index in [1.54, 1.807) is 11.0 Å². The molecule has 7 heteroatoms. The summed E-state index contributed by atoms with van der Waals surface area (Å²) in [5, 5.41) is 3.56. The number of hydrogen-bond donors (Lipinski definition) is 2. The van der Waals surface area contributed by atoms with Crippen molar-refractivity contribution in [1.82, 2.24) is 4.90 Å². The highest BCUT2D eigenvalue weighted by Gasteiger charge is 2.29. The highest BCUT2D eigenvalue weighted by Crippen LogP contribution is 2.38. The summed E-state index contributed by atoms with van der Waals surface area (Å²) in [5.74, 6) is -0.778. The number of hydrogen-bond acceptors (Lipinski definition) is 4. The van der Waals surface area contributed by atoms with Crippen LogP contribution in [0.1, 0.15) is 52.0 Å². The van der Waals surface area contributed by atoms with E-state index in [2.05, 4.69) is 5.32 Å². The first-order chi connectivity index (χ1) is 15.0. The Hall–Kier alpha value is -2.93. The SMILES string of the molecule is NC(=O)c1c(NC(=O)C2CCN(C(=O)/C=C/c3ccccc3)CC2)sc2c1CCCC2. The Morgan fingerprint density at radius 2 is 1.77 bits per heavy atom. The van der Waals surface area contributed by atoms with Crippen LogP contribution in [0.4, 0.5) is 5.00 Å². The lowest BCUT2D eigenvalue weighted by Gasteiger charge is -2.30. The van der Waals surface area contributed by atoms with Gasteiger partial charge in [-0.05, 0) is 55.7 Å². The minimum absolute atomic E-state index is 0.0374. The highest BCUT2D eigenvalue weighted by molar-refractivity contribution is 7.17. The lowest BCUT2D eigenvalue weighted by Crippen LogP contribution is -2.40. The van der Waals surface area contributed by atoms with Gasteiger partial charge in [0.25, 0.3) is 5.91 Å². The lowest BCUT2D eigenvalue weighted by molar-refractivity contribution is -0.130. The van der Waals surface area contributed by atoms with Crippen molar-refractivity contribution in [1.29, 1.82) is 0 Å². The Morgan fingerprint density at radius 3 is 2.48 bits per heavy atom. The van der Waals surface area contributed by atoms with Gasteiger partial charge in [-0.15, -0.1) is 11.3 Å². The molecule has 0 radical (unpaired) electrons. The van der Waals surface area contributed by atoms with Crippen LogP contribution < -0.4 is 11.1 Å². The van der Waals surface area contributed by atoms with E-state index in [4.69, 9.17) is 5.73 Å². The van der Waals surface area contributed by atoms with E-state index in [0.717, 1.165) is 36.8 Å². The van der Waals surface area contributed by atoms with E-state index in [1.165, 1.54) is 16.2 Å². The van der Waals surface area contributed by atoms with E-state index in [-0.39, 0.29) is 17.7 Å². The van der Waals surface area contributed by atoms with Crippen molar-refractivity contribution >= 4 is 40.1 Å². The molecule has 1 aromatic heterocycles. The summed E-state index contributed by atoms with van der Waals surface area (Å²) < 4.78 is 0. The first-order valence-electron chi connectivity index (χ1n) is 10.8. The van der Waals surface area contributed by atoms with Gasteiger partial charge < -0.3 is 16.0 Å². The predicted molar refractivity (Wildman–Crippen MR) is 123 cm³/mol. The number of aryl methyl sites for hydroxylation is 1. The zero-order valence-electron chi connectivity index (χ0n) is 17.4. The van der Waals surface area contributed by atoms with E-state index in [9.17, 15) is 14.4 Å². The quantitative estimate of drug-likeness (QED) is 0.700. The van der Waals surface area contributed by atoms with E-state index in [0.29, 0.717) is 36.5 Å². The van der Waals surface area contributed by atoms with Crippen molar-refractivity contribution in [2.45, 2.75) is 38.5 Å². The Kier molecular flexibility index (Phi) is 6.51. The molecule has 1 aromatic carbocycles. The van der Waals surface area contributed by atoms with Gasteiger partial charge in [-0.25, -0.2) is 0 Å². The number of likely N-dealkylation sites (tertiary alicyclic amines) is 1. The molecule has 0 unspecified atom stereocenters. The maximum atomic E-state index is 12.9. The van der Waals surface area contributed by atoms with Gasteiger partial charge in [0.05, 0.1) is 5.56 Å². The molecule has 4 rings (SSSR count). The van der Waals surface area contributed by atoms with Crippen molar-refractivity contribution < 1.29 is 14.4 Å². The van der Waals surface area contributed by atoms with E-state index in [1.807, 2.05) is 36.4 Å². The van der Waals surface area contributed by atoms with Crippen LogP contribution in [0.3, 0.4) is 0 Å². The van der Waals surface area contributed by atoms with Gasteiger partial charge in [0.1, 0.15) is 5.00 Å². The first kappa shape index (κ1) is 21.3. The Labute approximate surface area is 186 Å². The van der Waals surface area contributed by atoms with Crippen LogP contribution in [0.15, 0.2) is 36.4 Å². The fraction of sp³-hybridized carbons (Fsp3) is 0.375. The summed E-state index contributed by atoms with van der Waals surface area (Å²) in [5.41, 5.74) is 8.12. The smallest absolute Gasteiger partial charge is 0.251 e. The number of primary amides is 1.